The Hall–Kier alpha value is -4.50. The van der Waals surface area contributed by atoms with Crippen molar-refractivity contribution in [3.05, 3.63) is 89.0 Å². The molecular weight excluding hydrogens is 679 g/mol. The first-order valence-corrected chi connectivity index (χ1v) is 19.4. The standard InChI is InChI=1S/C36H41N5O7S2/c1-40(2)50(46,47)39-36(43)26-13-18-31-32(22-26)41-23-27(35(42)37-19-20-38-49(44,45)29-16-14-28(48-3)15-17-29)21-25-11-7-8-12-30(25)34(41)33(31)24-9-5-4-6-10-24/h7-8,11-18,21-22,24,38H,4-6,9-10,19-20,23H2,1-3H3,(H,37,42)(H,39,43). The highest BCUT2D eigenvalue weighted by Crippen LogP contribution is 2.46. The van der Waals surface area contributed by atoms with Gasteiger partial charge in [-0.2, -0.15) is 12.7 Å². The van der Waals surface area contributed by atoms with E-state index in [1.165, 1.54) is 45.3 Å². The van der Waals surface area contributed by atoms with Crippen LogP contribution in [-0.2, 0) is 31.6 Å². The van der Waals surface area contributed by atoms with Crippen LogP contribution in [0.2, 0.25) is 0 Å². The SMILES string of the molecule is COc1ccc(S(=O)(=O)NCCNC(=O)C2=Cc3ccccc3-c3c(C4CCCCC4)c4ccc(C(=O)NS(=O)(=O)N(C)C)cc4n3C2)cc1. The van der Waals surface area contributed by atoms with Crippen LogP contribution in [0.5, 0.6) is 5.75 Å². The Labute approximate surface area is 292 Å². The summed E-state index contributed by atoms with van der Waals surface area (Å²) in [7, 11) is -3.64. The molecule has 50 heavy (non-hydrogen) atoms. The summed E-state index contributed by atoms with van der Waals surface area (Å²) < 4.78 is 63.3. The fourth-order valence-corrected chi connectivity index (χ4v) is 8.30. The van der Waals surface area contributed by atoms with Crippen LogP contribution >= 0.6 is 0 Å². The van der Waals surface area contributed by atoms with Gasteiger partial charge in [0.15, 0.2) is 0 Å². The van der Waals surface area contributed by atoms with Gasteiger partial charge >= 0.3 is 10.2 Å². The van der Waals surface area contributed by atoms with E-state index in [4.69, 9.17) is 4.74 Å². The minimum Gasteiger partial charge on any atom is -0.497 e. The summed E-state index contributed by atoms with van der Waals surface area (Å²) in [6.07, 6.45) is 7.28. The molecule has 2 amide bonds. The van der Waals surface area contributed by atoms with Crippen LogP contribution in [0.1, 0.15) is 59.5 Å². The first-order chi connectivity index (χ1) is 23.9. The number of nitrogens with zero attached hydrogens (tertiary/aromatic N) is 2. The molecule has 3 N–H and O–H groups in total. The second-order valence-electron chi connectivity index (χ2n) is 12.7. The highest BCUT2D eigenvalue weighted by Gasteiger charge is 2.30. The van der Waals surface area contributed by atoms with E-state index < -0.39 is 26.1 Å². The average Bonchev–Trinajstić information content (AvgIpc) is 3.32. The number of aromatic nitrogens is 1. The number of fused-ring (bicyclic) bond motifs is 5. The summed E-state index contributed by atoms with van der Waals surface area (Å²) in [6, 6.07) is 19.1. The maximum absolute atomic E-state index is 13.8. The van der Waals surface area contributed by atoms with E-state index in [2.05, 4.69) is 19.3 Å². The Morgan fingerprint density at radius 2 is 1.62 bits per heavy atom. The number of amides is 2. The Morgan fingerprint density at radius 3 is 2.32 bits per heavy atom. The van der Waals surface area contributed by atoms with Crippen LogP contribution in [0.15, 0.2) is 77.2 Å². The summed E-state index contributed by atoms with van der Waals surface area (Å²) >= 11 is 0. The lowest BCUT2D eigenvalue weighted by Crippen LogP contribution is -2.39. The van der Waals surface area contributed by atoms with Gasteiger partial charge < -0.3 is 14.6 Å². The molecule has 2 heterocycles. The Bertz CT molecular complexity index is 2190. The normalized spacial score (nSPS) is 15.2. The van der Waals surface area contributed by atoms with E-state index in [0.717, 1.165) is 57.7 Å². The van der Waals surface area contributed by atoms with Gasteiger partial charge in [-0.05, 0) is 72.4 Å². The van der Waals surface area contributed by atoms with E-state index >= 15 is 0 Å². The van der Waals surface area contributed by atoms with Crippen molar-refractivity contribution in [3.63, 3.8) is 0 Å². The minimum absolute atomic E-state index is 0.0260. The molecule has 1 aliphatic carbocycles. The smallest absolute Gasteiger partial charge is 0.303 e. The molecular formula is C36H41N5O7S2. The fourth-order valence-electron chi connectivity index (χ4n) is 6.74. The van der Waals surface area contributed by atoms with Gasteiger partial charge in [0.1, 0.15) is 5.75 Å². The number of carbonyl (C=O) groups excluding carboxylic acids is 2. The van der Waals surface area contributed by atoms with Crippen LogP contribution < -0.4 is 19.5 Å². The quantitative estimate of drug-likeness (QED) is 0.194. The number of methoxy groups -OCH3 is 1. The van der Waals surface area contributed by atoms with Crippen molar-refractivity contribution < 1.29 is 31.2 Å². The molecule has 1 fully saturated rings. The second-order valence-corrected chi connectivity index (χ2v) is 16.4. The summed E-state index contributed by atoms with van der Waals surface area (Å²) in [5.74, 6) is -0.299. The Balaban J connectivity index is 1.33. The zero-order valence-corrected chi connectivity index (χ0v) is 29.9. The molecule has 2 aliphatic rings. The Morgan fingerprint density at radius 1 is 0.900 bits per heavy atom. The van der Waals surface area contributed by atoms with Gasteiger partial charge in [-0.15, -0.1) is 0 Å². The van der Waals surface area contributed by atoms with Gasteiger partial charge in [0.05, 0.1) is 24.2 Å². The Kier molecular flexibility index (Phi) is 10.2. The number of carbonyl (C=O) groups is 2. The molecule has 1 aliphatic heterocycles. The molecule has 0 bridgehead atoms. The molecule has 3 aromatic carbocycles. The summed E-state index contributed by atoms with van der Waals surface area (Å²) in [5.41, 5.74) is 5.32. The van der Waals surface area contributed by atoms with Crippen molar-refractivity contribution in [2.24, 2.45) is 0 Å². The lowest BCUT2D eigenvalue weighted by atomic mass is 9.81. The molecule has 0 spiro atoms. The van der Waals surface area contributed by atoms with Gasteiger partial charge in [0.25, 0.3) is 5.91 Å². The number of nitrogens with one attached hydrogen (secondary N) is 3. The zero-order chi connectivity index (χ0) is 35.6. The molecule has 0 saturated heterocycles. The third-order valence-corrected chi connectivity index (χ3v) is 12.2. The van der Waals surface area contributed by atoms with Crippen molar-refractivity contribution in [3.8, 4) is 17.0 Å². The molecule has 1 saturated carbocycles. The molecule has 1 aromatic heterocycles. The average molecular weight is 720 g/mol. The largest absolute Gasteiger partial charge is 0.497 e. The van der Waals surface area contributed by atoms with Gasteiger partial charge in [-0.3, -0.25) is 9.59 Å². The monoisotopic (exact) mass is 719 g/mol. The van der Waals surface area contributed by atoms with E-state index in [1.807, 2.05) is 36.4 Å². The van der Waals surface area contributed by atoms with Gasteiger partial charge in [0.2, 0.25) is 15.9 Å². The topological polar surface area (TPSA) is 156 Å². The molecule has 0 unspecified atom stereocenters. The molecule has 14 heteroatoms. The summed E-state index contributed by atoms with van der Waals surface area (Å²) in [4.78, 5) is 27.0. The molecule has 0 atom stereocenters. The van der Waals surface area contributed by atoms with Crippen molar-refractivity contribution >= 4 is 49.0 Å². The lowest BCUT2D eigenvalue weighted by molar-refractivity contribution is -0.117. The maximum atomic E-state index is 13.8. The number of hydrogen-bond donors (Lipinski definition) is 3. The molecule has 0 radical (unpaired) electrons. The number of hydrogen-bond acceptors (Lipinski definition) is 7. The van der Waals surface area contributed by atoms with E-state index in [-0.39, 0.29) is 41.9 Å². The number of rotatable bonds is 11. The van der Waals surface area contributed by atoms with Crippen molar-refractivity contribution in [1.82, 2.24) is 23.6 Å². The van der Waals surface area contributed by atoms with Crippen LogP contribution in [0.25, 0.3) is 28.2 Å². The van der Waals surface area contributed by atoms with Crippen LogP contribution in [0.4, 0.5) is 0 Å². The minimum atomic E-state index is -4.02. The van der Waals surface area contributed by atoms with Crippen molar-refractivity contribution in [2.45, 2.75) is 49.5 Å². The molecule has 12 nitrogen and oxygen atoms in total. The highest BCUT2D eigenvalue weighted by atomic mass is 32.2. The van der Waals surface area contributed by atoms with E-state index in [0.29, 0.717) is 11.3 Å². The number of benzene rings is 3. The second kappa shape index (κ2) is 14.4. The fraction of sp³-hybridized carbons (Fsp3) is 0.333. The van der Waals surface area contributed by atoms with Crippen molar-refractivity contribution in [1.29, 1.82) is 0 Å². The summed E-state index contributed by atoms with van der Waals surface area (Å²) in [5, 5.41) is 3.83. The van der Waals surface area contributed by atoms with Gasteiger partial charge in [-0.1, -0.05) is 49.6 Å². The molecule has 6 rings (SSSR count). The van der Waals surface area contributed by atoms with E-state index in [1.54, 1.807) is 24.3 Å². The van der Waals surface area contributed by atoms with E-state index in [9.17, 15) is 26.4 Å². The third kappa shape index (κ3) is 7.20. The number of ether oxygens (including phenoxy) is 1. The van der Waals surface area contributed by atoms with Crippen LogP contribution in [0, 0.1) is 0 Å². The highest BCUT2D eigenvalue weighted by molar-refractivity contribution is 7.89. The predicted molar refractivity (Wildman–Crippen MR) is 192 cm³/mol. The first-order valence-electron chi connectivity index (χ1n) is 16.5. The third-order valence-electron chi connectivity index (χ3n) is 9.32. The summed E-state index contributed by atoms with van der Waals surface area (Å²) in [6.45, 7) is 0.198. The first kappa shape index (κ1) is 35.3. The molecule has 264 valence electrons. The van der Waals surface area contributed by atoms with Crippen molar-refractivity contribution in [2.75, 3.05) is 34.3 Å². The number of sulfonamides is 1. The molecule has 4 aromatic rings. The van der Waals surface area contributed by atoms with Crippen LogP contribution in [0.3, 0.4) is 0 Å². The van der Waals surface area contributed by atoms with Crippen LogP contribution in [-0.4, -0.2) is 71.8 Å². The predicted octanol–water partition coefficient (Wildman–Crippen LogP) is 4.39. The van der Waals surface area contributed by atoms with Gasteiger partial charge in [0, 0.05) is 54.8 Å². The lowest BCUT2D eigenvalue weighted by Gasteiger charge is -2.24. The maximum Gasteiger partial charge on any atom is 0.303 e. The zero-order valence-electron chi connectivity index (χ0n) is 28.2. The van der Waals surface area contributed by atoms with Gasteiger partial charge in [-0.25, -0.2) is 17.9 Å².